The molecule has 0 atom stereocenters. The minimum atomic E-state index is -3.79. The number of carbonyl (C=O) groups is 1. The van der Waals surface area contributed by atoms with Gasteiger partial charge in [0.2, 0.25) is 0 Å². The Morgan fingerprint density at radius 2 is 1.71 bits per heavy atom. The van der Waals surface area contributed by atoms with Gasteiger partial charge in [-0.1, -0.05) is 17.7 Å². The molecule has 1 N–H and O–H groups in total. The summed E-state index contributed by atoms with van der Waals surface area (Å²) >= 11 is 0. The van der Waals surface area contributed by atoms with Crippen LogP contribution in [0.5, 0.6) is 0 Å². The molecule has 0 spiro atoms. The van der Waals surface area contributed by atoms with Crippen molar-refractivity contribution in [3.05, 3.63) is 58.7 Å². The van der Waals surface area contributed by atoms with Crippen molar-refractivity contribution in [1.29, 1.82) is 0 Å². The number of anilines is 1. The Labute approximate surface area is 185 Å². The van der Waals surface area contributed by atoms with Crippen LogP contribution >= 0.6 is 0 Å². The van der Waals surface area contributed by atoms with Gasteiger partial charge in [-0.05, 0) is 96.1 Å². The van der Waals surface area contributed by atoms with E-state index in [1.807, 2.05) is 26.0 Å². The molecule has 1 aliphatic heterocycles. The van der Waals surface area contributed by atoms with Gasteiger partial charge in [0.25, 0.3) is 15.9 Å². The molecule has 0 bridgehead atoms. The molecule has 6 nitrogen and oxygen atoms in total. The predicted molar refractivity (Wildman–Crippen MR) is 126 cm³/mol. The number of nitrogens with one attached hydrogen (secondary N) is 1. The van der Waals surface area contributed by atoms with Crippen LogP contribution in [-0.4, -0.2) is 45.1 Å². The number of amides is 1. The summed E-state index contributed by atoms with van der Waals surface area (Å²) < 4.78 is 29.8. The molecule has 1 aliphatic rings. The van der Waals surface area contributed by atoms with Gasteiger partial charge in [0.05, 0.1) is 4.90 Å². The lowest BCUT2D eigenvalue weighted by Gasteiger charge is -2.28. The van der Waals surface area contributed by atoms with Crippen molar-refractivity contribution in [3.63, 3.8) is 0 Å². The molecule has 3 rings (SSSR count). The van der Waals surface area contributed by atoms with Gasteiger partial charge in [-0.15, -0.1) is 0 Å². The number of benzene rings is 2. The van der Waals surface area contributed by atoms with E-state index >= 15 is 0 Å². The van der Waals surface area contributed by atoms with Gasteiger partial charge in [0.1, 0.15) is 0 Å². The van der Waals surface area contributed by atoms with Crippen molar-refractivity contribution in [2.75, 3.05) is 25.5 Å². The summed E-state index contributed by atoms with van der Waals surface area (Å²) in [6.45, 7) is 9.37. The zero-order chi connectivity index (χ0) is 22.8. The number of piperidine rings is 1. The third-order valence-electron chi connectivity index (χ3n) is 5.94. The molecule has 2 aromatic rings. The maximum atomic E-state index is 12.8. The average Bonchev–Trinajstić information content (AvgIpc) is 2.69. The first-order valence-electron chi connectivity index (χ1n) is 10.6. The normalized spacial score (nSPS) is 16.4. The van der Waals surface area contributed by atoms with E-state index in [2.05, 4.69) is 21.7 Å². The molecule has 1 amide bonds. The smallest absolute Gasteiger partial charge is 0.282 e. The van der Waals surface area contributed by atoms with Gasteiger partial charge in [0.15, 0.2) is 0 Å². The van der Waals surface area contributed by atoms with E-state index in [0.717, 1.165) is 37.1 Å². The Morgan fingerprint density at radius 1 is 1.03 bits per heavy atom. The van der Waals surface area contributed by atoms with Crippen LogP contribution in [-0.2, 0) is 10.0 Å². The SMILES string of the molecule is C/C(=N/S(=O)(=O)c1ccc(NC(=O)c2ccc(C)cc2C)c(C)c1)C1CCN(C)CC1. The molecule has 0 saturated carbocycles. The number of hydrogen-bond acceptors (Lipinski definition) is 4. The molecule has 0 aromatic heterocycles. The highest BCUT2D eigenvalue weighted by atomic mass is 32.2. The molecular formula is C24H31N3O3S. The van der Waals surface area contributed by atoms with Crippen molar-refractivity contribution in [2.45, 2.75) is 45.4 Å². The number of likely N-dealkylation sites (tertiary alicyclic amines) is 1. The third kappa shape index (κ3) is 5.60. The number of aryl methyl sites for hydroxylation is 3. The van der Waals surface area contributed by atoms with Crippen molar-refractivity contribution >= 4 is 27.3 Å². The Morgan fingerprint density at radius 3 is 2.32 bits per heavy atom. The Balaban J connectivity index is 1.77. The van der Waals surface area contributed by atoms with E-state index in [1.54, 1.807) is 32.0 Å². The van der Waals surface area contributed by atoms with Crippen molar-refractivity contribution in [2.24, 2.45) is 10.3 Å². The Bertz CT molecular complexity index is 1110. The van der Waals surface area contributed by atoms with E-state index in [0.29, 0.717) is 22.5 Å². The Hall–Kier alpha value is -2.51. The lowest BCUT2D eigenvalue weighted by Crippen LogP contribution is -2.33. The first-order chi connectivity index (χ1) is 14.6. The van der Waals surface area contributed by atoms with E-state index in [1.165, 1.54) is 6.07 Å². The van der Waals surface area contributed by atoms with Gasteiger partial charge in [-0.2, -0.15) is 12.8 Å². The van der Waals surface area contributed by atoms with E-state index < -0.39 is 10.0 Å². The number of rotatable bonds is 5. The molecule has 2 aromatic carbocycles. The van der Waals surface area contributed by atoms with E-state index in [4.69, 9.17) is 0 Å². The maximum Gasteiger partial charge on any atom is 0.282 e. The minimum absolute atomic E-state index is 0.141. The highest BCUT2D eigenvalue weighted by Gasteiger charge is 2.22. The average molecular weight is 442 g/mol. The summed E-state index contributed by atoms with van der Waals surface area (Å²) in [6.07, 6.45) is 1.84. The first kappa shape index (κ1) is 23.2. The van der Waals surface area contributed by atoms with Crippen LogP contribution in [0.15, 0.2) is 45.7 Å². The van der Waals surface area contributed by atoms with Crippen LogP contribution in [0.3, 0.4) is 0 Å². The summed E-state index contributed by atoms with van der Waals surface area (Å²) in [4.78, 5) is 15.1. The lowest BCUT2D eigenvalue weighted by atomic mass is 9.93. The minimum Gasteiger partial charge on any atom is -0.322 e. The van der Waals surface area contributed by atoms with Crippen LogP contribution < -0.4 is 5.32 Å². The van der Waals surface area contributed by atoms with Gasteiger partial charge in [0, 0.05) is 22.9 Å². The molecular weight excluding hydrogens is 410 g/mol. The first-order valence-corrected chi connectivity index (χ1v) is 12.0. The standard InChI is InChI=1S/C24H31N3O3S/c1-16-6-8-22(17(2)14-16)24(28)25-23-9-7-21(15-18(23)3)31(29,30)26-19(4)20-10-12-27(5)13-11-20/h6-9,14-15,20H,10-13H2,1-5H3,(H,25,28)/b26-19-. The quantitative estimate of drug-likeness (QED) is 0.700. The predicted octanol–water partition coefficient (Wildman–Crippen LogP) is 4.36. The fourth-order valence-corrected chi connectivity index (χ4v) is 5.14. The molecule has 1 fully saturated rings. The van der Waals surface area contributed by atoms with Gasteiger partial charge >= 0.3 is 0 Å². The summed E-state index contributed by atoms with van der Waals surface area (Å²) in [6, 6.07) is 10.4. The number of hydrogen-bond donors (Lipinski definition) is 1. The summed E-state index contributed by atoms with van der Waals surface area (Å²) in [5.41, 5.74) is 4.51. The monoisotopic (exact) mass is 441 g/mol. The highest BCUT2D eigenvalue weighted by molar-refractivity contribution is 7.90. The van der Waals surface area contributed by atoms with Crippen LogP contribution in [0, 0.1) is 26.7 Å². The fourth-order valence-electron chi connectivity index (χ4n) is 3.94. The largest absolute Gasteiger partial charge is 0.322 e. The van der Waals surface area contributed by atoms with Crippen LogP contribution in [0.1, 0.15) is 46.8 Å². The molecule has 0 unspecified atom stereocenters. The van der Waals surface area contributed by atoms with Crippen molar-refractivity contribution in [1.82, 2.24) is 4.90 Å². The number of sulfonamides is 1. The Kier molecular flexibility index (Phi) is 6.96. The molecule has 1 saturated heterocycles. The molecule has 0 radical (unpaired) electrons. The number of carbonyl (C=O) groups excluding carboxylic acids is 1. The van der Waals surface area contributed by atoms with Crippen LogP contribution in [0.2, 0.25) is 0 Å². The summed E-state index contributed by atoms with van der Waals surface area (Å²) in [5.74, 6) is -0.0179. The molecule has 31 heavy (non-hydrogen) atoms. The van der Waals surface area contributed by atoms with Crippen molar-refractivity contribution < 1.29 is 13.2 Å². The fraction of sp³-hybridized carbons (Fsp3) is 0.417. The second-order valence-electron chi connectivity index (χ2n) is 8.53. The van der Waals surface area contributed by atoms with Gasteiger partial charge in [-0.25, -0.2) is 0 Å². The zero-order valence-corrected chi connectivity index (χ0v) is 19.7. The maximum absolute atomic E-state index is 12.8. The van der Waals surface area contributed by atoms with E-state index in [-0.39, 0.29) is 16.7 Å². The second-order valence-corrected chi connectivity index (χ2v) is 10.1. The van der Waals surface area contributed by atoms with E-state index in [9.17, 15) is 13.2 Å². The lowest BCUT2D eigenvalue weighted by molar-refractivity contribution is 0.102. The summed E-state index contributed by atoms with van der Waals surface area (Å²) in [5, 5.41) is 2.89. The summed E-state index contributed by atoms with van der Waals surface area (Å²) in [7, 11) is -1.72. The topological polar surface area (TPSA) is 78.8 Å². The van der Waals surface area contributed by atoms with Crippen LogP contribution in [0.4, 0.5) is 5.69 Å². The molecule has 0 aliphatic carbocycles. The van der Waals surface area contributed by atoms with Crippen LogP contribution in [0.25, 0.3) is 0 Å². The molecule has 166 valence electrons. The third-order valence-corrected chi connectivity index (χ3v) is 7.32. The molecule has 7 heteroatoms. The zero-order valence-electron chi connectivity index (χ0n) is 18.9. The number of nitrogens with zero attached hydrogens (tertiary/aromatic N) is 2. The van der Waals surface area contributed by atoms with Gasteiger partial charge in [-0.3, -0.25) is 4.79 Å². The second kappa shape index (κ2) is 9.32. The van der Waals surface area contributed by atoms with Crippen molar-refractivity contribution in [3.8, 4) is 0 Å². The molecule has 1 heterocycles. The van der Waals surface area contributed by atoms with Gasteiger partial charge < -0.3 is 10.2 Å². The highest BCUT2D eigenvalue weighted by Crippen LogP contribution is 2.24.